The fraction of sp³-hybridized carbons (Fsp3) is 0.308. The summed E-state index contributed by atoms with van der Waals surface area (Å²) in [6.45, 7) is 3.60. The molecule has 0 bridgehead atoms. The number of thioether (sulfide) groups is 1. The van der Waals surface area contributed by atoms with Crippen molar-refractivity contribution in [2.45, 2.75) is 30.8 Å². The molecule has 1 atom stereocenters. The van der Waals surface area contributed by atoms with Crippen LogP contribution in [0, 0.1) is 5.82 Å². The molecule has 1 unspecified atom stereocenters. The van der Waals surface area contributed by atoms with Gasteiger partial charge in [-0.05, 0) is 36.8 Å². The third kappa shape index (κ3) is 5.30. The molecule has 3 aromatic rings. The number of aromatic nitrogens is 1. The molecule has 0 fully saturated rings. The van der Waals surface area contributed by atoms with Gasteiger partial charge in [-0.25, -0.2) is 4.39 Å². The van der Waals surface area contributed by atoms with Crippen molar-refractivity contribution in [1.82, 2.24) is 14.4 Å². The van der Waals surface area contributed by atoms with Crippen molar-refractivity contribution < 1.29 is 14.0 Å². The second-order valence-corrected chi connectivity index (χ2v) is 9.10. The summed E-state index contributed by atoms with van der Waals surface area (Å²) in [5, 5.41) is 0. The number of rotatable bonds is 8. The number of hydrogen-bond acceptors (Lipinski definition) is 3. The van der Waals surface area contributed by atoms with Gasteiger partial charge in [-0.15, -0.1) is 11.8 Å². The molecule has 172 valence electrons. The number of carbonyl (C=O) groups is 2. The molecule has 2 aromatic carbocycles. The zero-order valence-electron chi connectivity index (χ0n) is 18.7. The highest BCUT2D eigenvalue weighted by atomic mass is 32.2. The van der Waals surface area contributed by atoms with Crippen LogP contribution in [0.5, 0.6) is 0 Å². The summed E-state index contributed by atoms with van der Waals surface area (Å²) in [6, 6.07) is 19.7. The topological polar surface area (TPSA) is 45.6 Å². The predicted octanol–water partition coefficient (Wildman–Crippen LogP) is 4.59. The van der Waals surface area contributed by atoms with Crippen molar-refractivity contribution in [3.8, 4) is 0 Å². The lowest BCUT2D eigenvalue weighted by Gasteiger charge is -2.38. The van der Waals surface area contributed by atoms with Crippen molar-refractivity contribution in [2.24, 2.45) is 0 Å². The Bertz CT molecular complexity index is 1100. The van der Waals surface area contributed by atoms with E-state index in [4.69, 9.17) is 0 Å². The summed E-state index contributed by atoms with van der Waals surface area (Å²) in [7, 11) is 0. The van der Waals surface area contributed by atoms with Crippen molar-refractivity contribution in [3.63, 3.8) is 0 Å². The first kappa shape index (κ1) is 23.1. The first-order chi connectivity index (χ1) is 16.1. The van der Waals surface area contributed by atoms with Crippen LogP contribution in [-0.2, 0) is 16.1 Å². The molecule has 0 saturated carbocycles. The molecular weight excluding hydrogens is 437 g/mol. The highest BCUT2D eigenvalue weighted by molar-refractivity contribution is 8.00. The number of nitrogens with zero attached hydrogens (tertiary/aromatic N) is 3. The van der Waals surface area contributed by atoms with E-state index in [2.05, 4.69) is 4.57 Å². The fourth-order valence-corrected chi connectivity index (χ4v) is 5.07. The highest BCUT2D eigenvalue weighted by Crippen LogP contribution is 2.34. The normalized spacial score (nSPS) is 15.2. The third-order valence-electron chi connectivity index (χ3n) is 5.84. The Labute approximate surface area is 198 Å². The molecule has 1 aliphatic rings. The van der Waals surface area contributed by atoms with Gasteiger partial charge in [-0.1, -0.05) is 43.3 Å². The van der Waals surface area contributed by atoms with Crippen molar-refractivity contribution in [1.29, 1.82) is 0 Å². The van der Waals surface area contributed by atoms with Gasteiger partial charge in [-0.2, -0.15) is 0 Å². The molecule has 1 aliphatic heterocycles. The molecule has 0 saturated heterocycles. The molecule has 0 radical (unpaired) electrons. The van der Waals surface area contributed by atoms with Gasteiger partial charge in [-0.3, -0.25) is 9.59 Å². The summed E-state index contributed by atoms with van der Waals surface area (Å²) in [6.07, 6.45) is 2.72. The number of carbonyl (C=O) groups excluding carboxylic acids is 2. The van der Waals surface area contributed by atoms with Crippen molar-refractivity contribution >= 4 is 23.6 Å². The number of halogens is 1. The first-order valence-electron chi connectivity index (χ1n) is 11.2. The van der Waals surface area contributed by atoms with Crippen LogP contribution in [0.4, 0.5) is 4.39 Å². The van der Waals surface area contributed by atoms with Gasteiger partial charge in [0.05, 0.1) is 12.3 Å². The highest BCUT2D eigenvalue weighted by Gasteiger charge is 2.34. The van der Waals surface area contributed by atoms with Crippen LogP contribution in [0.25, 0.3) is 0 Å². The quantitative estimate of drug-likeness (QED) is 0.457. The molecule has 33 heavy (non-hydrogen) atoms. The fourth-order valence-electron chi connectivity index (χ4n) is 4.25. The monoisotopic (exact) mass is 465 g/mol. The minimum Gasteiger partial charge on any atom is -0.348 e. The molecule has 1 aromatic heterocycles. The lowest BCUT2D eigenvalue weighted by Crippen LogP contribution is -2.48. The van der Waals surface area contributed by atoms with Gasteiger partial charge in [0.15, 0.2) is 0 Å². The lowest BCUT2D eigenvalue weighted by molar-refractivity contribution is -0.141. The smallest absolute Gasteiger partial charge is 0.243 e. The summed E-state index contributed by atoms with van der Waals surface area (Å²) >= 11 is 1.47. The Hall–Kier alpha value is -3.06. The van der Waals surface area contributed by atoms with E-state index < -0.39 is 6.04 Å². The Morgan fingerprint density at radius 2 is 1.79 bits per heavy atom. The Morgan fingerprint density at radius 3 is 2.55 bits per heavy atom. The van der Waals surface area contributed by atoms with E-state index in [1.165, 1.54) is 17.8 Å². The molecule has 0 spiro atoms. The van der Waals surface area contributed by atoms with Gasteiger partial charge in [0.1, 0.15) is 11.9 Å². The maximum absolute atomic E-state index is 14.8. The maximum Gasteiger partial charge on any atom is 0.243 e. The molecule has 4 rings (SSSR count). The van der Waals surface area contributed by atoms with Crippen LogP contribution in [0.3, 0.4) is 0 Å². The summed E-state index contributed by atoms with van der Waals surface area (Å²) in [5.41, 5.74) is 1.35. The van der Waals surface area contributed by atoms with Gasteiger partial charge >= 0.3 is 0 Å². The largest absolute Gasteiger partial charge is 0.348 e. The standard InChI is InChI=1S/C26H28FN3O2S/c1-2-14-29(25(32)19-33-20-9-4-3-5-10-20)18-24(31)30-17-16-28-15-8-13-23(28)26(30)21-11-6-7-12-22(21)27/h3-13,15,26H,2,14,16-19H2,1H3. The average molecular weight is 466 g/mol. The van der Waals surface area contributed by atoms with Gasteiger partial charge in [0.2, 0.25) is 11.8 Å². The molecule has 0 N–H and O–H groups in total. The molecular formula is C26H28FN3O2S. The second kappa shape index (κ2) is 10.7. The molecule has 2 amide bonds. The van der Waals surface area contributed by atoms with E-state index in [9.17, 15) is 14.0 Å². The van der Waals surface area contributed by atoms with Crippen molar-refractivity contribution in [3.05, 3.63) is 90.0 Å². The Balaban J connectivity index is 1.52. The van der Waals surface area contributed by atoms with Crippen LogP contribution in [0.15, 0.2) is 77.8 Å². The average Bonchev–Trinajstić information content (AvgIpc) is 3.32. The van der Waals surface area contributed by atoms with E-state index in [1.807, 2.05) is 55.6 Å². The van der Waals surface area contributed by atoms with Gasteiger partial charge in [0, 0.05) is 42.0 Å². The molecule has 5 nitrogen and oxygen atoms in total. The van der Waals surface area contributed by atoms with E-state index in [-0.39, 0.29) is 29.9 Å². The van der Waals surface area contributed by atoms with E-state index in [0.717, 1.165) is 17.0 Å². The zero-order valence-corrected chi connectivity index (χ0v) is 19.5. The predicted molar refractivity (Wildman–Crippen MR) is 128 cm³/mol. The zero-order chi connectivity index (χ0) is 23.2. The second-order valence-electron chi connectivity index (χ2n) is 8.05. The Kier molecular flexibility index (Phi) is 7.50. The Morgan fingerprint density at radius 1 is 1.03 bits per heavy atom. The minimum atomic E-state index is -0.514. The van der Waals surface area contributed by atoms with Crippen LogP contribution in [0.2, 0.25) is 0 Å². The van der Waals surface area contributed by atoms with Crippen LogP contribution in [0.1, 0.15) is 30.6 Å². The van der Waals surface area contributed by atoms with E-state index >= 15 is 0 Å². The minimum absolute atomic E-state index is 0.00627. The molecule has 0 aliphatic carbocycles. The van der Waals surface area contributed by atoms with Crippen molar-refractivity contribution in [2.75, 3.05) is 25.4 Å². The lowest BCUT2D eigenvalue weighted by atomic mass is 9.99. The maximum atomic E-state index is 14.8. The van der Waals surface area contributed by atoms with Gasteiger partial charge < -0.3 is 14.4 Å². The molecule has 2 heterocycles. The van der Waals surface area contributed by atoms with Crippen LogP contribution in [-0.4, -0.2) is 51.6 Å². The number of hydrogen-bond donors (Lipinski definition) is 0. The van der Waals surface area contributed by atoms with Gasteiger partial charge in [0.25, 0.3) is 0 Å². The summed E-state index contributed by atoms with van der Waals surface area (Å²) < 4.78 is 16.8. The number of amides is 2. The SMILES string of the molecule is CCCN(CC(=O)N1CCn2cccc2C1c1ccccc1F)C(=O)CSc1ccccc1. The van der Waals surface area contributed by atoms with Crippen LogP contribution >= 0.6 is 11.8 Å². The number of fused-ring (bicyclic) bond motifs is 1. The summed E-state index contributed by atoms with van der Waals surface area (Å²) in [4.78, 5) is 30.8. The van der Waals surface area contributed by atoms with Crippen LogP contribution < -0.4 is 0 Å². The van der Waals surface area contributed by atoms with E-state index in [1.54, 1.807) is 28.0 Å². The number of benzene rings is 2. The molecule has 7 heteroatoms. The third-order valence-corrected chi connectivity index (χ3v) is 6.83. The summed E-state index contributed by atoms with van der Waals surface area (Å²) in [5.74, 6) is -0.295. The van der Waals surface area contributed by atoms with E-state index in [0.29, 0.717) is 25.2 Å². The first-order valence-corrected chi connectivity index (χ1v) is 12.2.